The zero-order valence-electron chi connectivity index (χ0n) is 7.50. The largest absolute Gasteiger partial charge is 0.423 e. The Labute approximate surface area is 85.6 Å². The fourth-order valence-electron chi connectivity index (χ4n) is 1.33. The molecule has 0 saturated heterocycles. The predicted octanol–water partition coefficient (Wildman–Crippen LogP) is 2.75. The van der Waals surface area contributed by atoms with E-state index in [0.717, 1.165) is 10.9 Å². The molecule has 0 amide bonds. The number of halogens is 1. The number of hydrogen-bond acceptors (Lipinski definition) is 2. The maximum atomic E-state index is 10.8. The number of ether oxygens (including phenoxy) is 1. The minimum Gasteiger partial charge on any atom is -0.423 e. The van der Waals surface area contributed by atoms with Crippen LogP contribution < -0.4 is 4.74 Å². The number of carbonyl (C=O) groups excluding carboxylic acids is 1. The average molecular weight is 210 g/mol. The van der Waals surface area contributed by atoms with E-state index in [4.69, 9.17) is 16.3 Å². The predicted molar refractivity (Wildman–Crippen MR) is 54.6 cm³/mol. The number of hydrogen-bond donors (Lipinski definition) is 1. The van der Waals surface area contributed by atoms with Crippen molar-refractivity contribution in [3.63, 3.8) is 0 Å². The van der Waals surface area contributed by atoms with E-state index in [0.29, 0.717) is 10.9 Å². The van der Waals surface area contributed by atoms with Crippen molar-refractivity contribution in [1.29, 1.82) is 0 Å². The van der Waals surface area contributed by atoms with Gasteiger partial charge in [0.25, 0.3) is 0 Å². The van der Waals surface area contributed by atoms with Gasteiger partial charge in [-0.15, -0.1) is 0 Å². The molecule has 72 valence electrons. The van der Waals surface area contributed by atoms with Gasteiger partial charge in [0.05, 0.1) is 5.52 Å². The van der Waals surface area contributed by atoms with Crippen LogP contribution in [0.25, 0.3) is 10.9 Å². The summed E-state index contributed by atoms with van der Waals surface area (Å²) in [6.45, 7) is 1.35. The molecule has 4 heteroatoms. The summed E-state index contributed by atoms with van der Waals surface area (Å²) >= 11 is 5.88. The summed E-state index contributed by atoms with van der Waals surface area (Å²) in [7, 11) is 0. The normalized spacial score (nSPS) is 10.4. The first-order valence-corrected chi connectivity index (χ1v) is 4.51. The SMILES string of the molecule is CC(=O)Oc1c(Cl)[nH]c2ccccc12. The molecule has 0 saturated carbocycles. The number of carbonyl (C=O) groups is 1. The first kappa shape index (κ1) is 9.09. The van der Waals surface area contributed by atoms with Gasteiger partial charge in [-0.25, -0.2) is 0 Å². The van der Waals surface area contributed by atoms with Gasteiger partial charge in [0, 0.05) is 12.3 Å². The summed E-state index contributed by atoms with van der Waals surface area (Å²) in [5, 5.41) is 1.16. The van der Waals surface area contributed by atoms with Crippen molar-refractivity contribution in [3.05, 3.63) is 29.4 Å². The molecule has 0 bridgehead atoms. The lowest BCUT2D eigenvalue weighted by molar-refractivity contribution is -0.131. The van der Waals surface area contributed by atoms with Crippen LogP contribution in [0.3, 0.4) is 0 Å². The van der Waals surface area contributed by atoms with Crippen LogP contribution in [0.15, 0.2) is 24.3 Å². The molecule has 0 aliphatic rings. The Kier molecular flexibility index (Phi) is 2.17. The lowest BCUT2D eigenvalue weighted by Crippen LogP contribution is -2.00. The molecule has 1 N–H and O–H groups in total. The number of aromatic amines is 1. The zero-order valence-corrected chi connectivity index (χ0v) is 8.26. The second-order valence-electron chi connectivity index (χ2n) is 2.91. The van der Waals surface area contributed by atoms with Crippen molar-refractivity contribution in [3.8, 4) is 5.75 Å². The van der Waals surface area contributed by atoms with Gasteiger partial charge in [-0.1, -0.05) is 23.7 Å². The highest BCUT2D eigenvalue weighted by Gasteiger charge is 2.11. The molecular weight excluding hydrogens is 202 g/mol. The second-order valence-corrected chi connectivity index (χ2v) is 3.29. The van der Waals surface area contributed by atoms with Gasteiger partial charge in [0.2, 0.25) is 0 Å². The van der Waals surface area contributed by atoms with Gasteiger partial charge in [0.1, 0.15) is 0 Å². The summed E-state index contributed by atoms with van der Waals surface area (Å²) in [6.07, 6.45) is 0. The van der Waals surface area contributed by atoms with Gasteiger partial charge in [-0.3, -0.25) is 4.79 Å². The van der Waals surface area contributed by atoms with E-state index in [2.05, 4.69) is 4.98 Å². The number of para-hydroxylation sites is 1. The minimum atomic E-state index is -0.378. The van der Waals surface area contributed by atoms with Gasteiger partial charge in [-0.05, 0) is 12.1 Å². The third-order valence-corrected chi connectivity index (χ3v) is 2.13. The lowest BCUT2D eigenvalue weighted by Gasteiger charge is -1.98. The van der Waals surface area contributed by atoms with Crippen LogP contribution in [0, 0.1) is 0 Å². The Morgan fingerprint density at radius 2 is 2.14 bits per heavy atom. The van der Waals surface area contributed by atoms with E-state index in [1.807, 2.05) is 24.3 Å². The number of aromatic nitrogens is 1. The Balaban J connectivity index is 2.62. The Hall–Kier alpha value is -1.48. The number of rotatable bonds is 1. The van der Waals surface area contributed by atoms with Crippen LogP contribution in [0.5, 0.6) is 5.75 Å². The minimum absolute atomic E-state index is 0.349. The molecule has 0 radical (unpaired) electrons. The smallest absolute Gasteiger partial charge is 0.308 e. The van der Waals surface area contributed by atoms with Crippen molar-refractivity contribution in [1.82, 2.24) is 4.98 Å². The van der Waals surface area contributed by atoms with Crippen LogP contribution in [0.2, 0.25) is 5.15 Å². The quantitative estimate of drug-likeness (QED) is 0.734. The molecule has 0 aliphatic carbocycles. The number of fused-ring (bicyclic) bond motifs is 1. The van der Waals surface area contributed by atoms with Crippen molar-refractivity contribution >= 4 is 28.5 Å². The van der Waals surface area contributed by atoms with Gasteiger partial charge in [0.15, 0.2) is 10.9 Å². The number of H-pyrrole nitrogens is 1. The molecule has 1 heterocycles. The molecule has 1 aromatic carbocycles. The molecule has 0 aliphatic heterocycles. The maximum Gasteiger partial charge on any atom is 0.308 e. The van der Waals surface area contributed by atoms with Gasteiger partial charge in [-0.2, -0.15) is 0 Å². The summed E-state index contributed by atoms with van der Waals surface area (Å²) < 4.78 is 5.00. The summed E-state index contributed by atoms with van der Waals surface area (Å²) in [6, 6.07) is 7.45. The van der Waals surface area contributed by atoms with Crippen LogP contribution >= 0.6 is 11.6 Å². The molecule has 0 spiro atoms. The fourth-order valence-corrected chi connectivity index (χ4v) is 1.57. The van der Waals surface area contributed by atoms with Crippen molar-refractivity contribution in [2.24, 2.45) is 0 Å². The van der Waals surface area contributed by atoms with Crippen LogP contribution in [0.1, 0.15) is 6.92 Å². The van der Waals surface area contributed by atoms with Crippen LogP contribution in [-0.2, 0) is 4.79 Å². The Morgan fingerprint density at radius 3 is 2.86 bits per heavy atom. The number of nitrogens with one attached hydrogen (secondary N) is 1. The highest BCUT2D eigenvalue weighted by atomic mass is 35.5. The van der Waals surface area contributed by atoms with Gasteiger partial charge >= 0.3 is 5.97 Å². The third kappa shape index (κ3) is 1.46. The zero-order chi connectivity index (χ0) is 10.1. The topological polar surface area (TPSA) is 42.1 Å². The van der Waals surface area contributed by atoms with E-state index in [1.54, 1.807) is 0 Å². The van der Waals surface area contributed by atoms with E-state index in [-0.39, 0.29) is 5.97 Å². The first-order valence-electron chi connectivity index (χ1n) is 4.13. The van der Waals surface area contributed by atoms with Crippen molar-refractivity contribution < 1.29 is 9.53 Å². The summed E-state index contributed by atoms with van der Waals surface area (Å²) in [4.78, 5) is 13.7. The highest BCUT2D eigenvalue weighted by molar-refractivity contribution is 6.32. The Bertz CT molecular complexity index is 490. The maximum absolute atomic E-state index is 10.8. The Morgan fingerprint density at radius 1 is 1.43 bits per heavy atom. The molecule has 2 aromatic rings. The number of benzene rings is 1. The molecule has 3 nitrogen and oxygen atoms in total. The van der Waals surface area contributed by atoms with Crippen LogP contribution in [-0.4, -0.2) is 11.0 Å². The molecule has 2 rings (SSSR count). The highest BCUT2D eigenvalue weighted by Crippen LogP contribution is 2.33. The summed E-state index contributed by atoms with van der Waals surface area (Å²) in [5.41, 5.74) is 0.855. The van der Waals surface area contributed by atoms with E-state index >= 15 is 0 Å². The van der Waals surface area contributed by atoms with Crippen molar-refractivity contribution in [2.45, 2.75) is 6.92 Å². The molecule has 0 atom stereocenters. The fraction of sp³-hybridized carbons (Fsp3) is 0.100. The van der Waals surface area contributed by atoms with E-state index < -0.39 is 0 Å². The number of esters is 1. The molecule has 0 fully saturated rings. The van der Waals surface area contributed by atoms with E-state index in [9.17, 15) is 4.79 Å². The molecular formula is C10H8ClNO2. The third-order valence-electron chi connectivity index (χ3n) is 1.86. The van der Waals surface area contributed by atoms with Crippen LogP contribution in [0.4, 0.5) is 0 Å². The van der Waals surface area contributed by atoms with E-state index in [1.165, 1.54) is 6.92 Å². The molecule has 14 heavy (non-hydrogen) atoms. The average Bonchev–Trinajstić information content (AvgIpc) is 2.43. The van der Waals surface area contributed by atoms with Gasteiger partial charge < -0.3 is 9.72 Å². The monoisotopic (exact) mass is 209 g/mol. The second kappa shape index (κ2) is 3.35. The van der Waals surface area contributed by atoms with Crippen molar-refractivity contribution in [2.75, 3.05) is 0 Å². The molecule has 1 aromatic heterocycles. The first-order chi connectivity index (χ1) is 6.68. The summed E-state index contributed by atoms with van der Waals surface area (Å²) in [5.74, 6) is 0.0198. The lowest BCUT2D eigenvalue weighted by atomic mass is 10.2. The standard InChI is InChI=1S/C10H8ClNO2/c1-6(13)14-9-7-4-2-3-5-8(7)12-10(9)11/h2-5,12H,1H3. The molecule has 0 unspecified atom stereocenters.